The van der Waals surface area contributed by atoms with E-state index in [4.69, 9.17) is 5.73 Å². The Morgan fingerprint density at radius 2 is 1.94 bits per heavy atom. The average Bonchev–Trinajstić information content (AvgIpc) is 2.73. The number of nitrogens with zero attached hydrogens (tertiary/aromatic N) is 2. The summed E-state index contributed by atoms with van der Waals surface area (Å²) in [5.41, 5.74) is 7.95. The lowest BCUT2D eigenvalue weighted by Gasteiger charge is -2.00. The van der Waals surface area contributed by atoms with Gasteiger partial charge in [-0.05, 0) is 18.1 Å². The summed E-state index contributed by atoms with van der Waals surface area (Å²) in [5, 5.41) is 7.69. The van der Waals surface area contributed by atoms with E-state index in [9.17, 15) is 0 Å². The van der Waals surface area contributed by atoms with Crippen LogP contribution in [-0.2, 0) is 12.3 Å². The molecule has 4 nitrogen and oxygen atoms in total. The molecule has 0 atom stereocenters. The predicted octanol–water partition coefficient (Wildman–Crippen LogP) is 1.86. The standard InChI is InChI=1S/C11H14N4S/c1-8-13-11(15-14-8)16-7-10-4-2-9(6-12)3-5-10/h2-5H,6-7,12H2,1H3,(H,13,14,15). The Morgan fingerprint density at radius 1 is 1.25 bits per heavy atom. The van der Waals surface area contributed by atoms with Gasteiger partial charge in [0.15, 0.2) is 0 Å². The van der Waals surface area contributed by atoms with Crippen LogP contribution in [0.5, 0.6) is 0 Å². The van der Waals surface area contributed by atoms with Gasteiger partial charge in [-0.1, -0.05) is 36.0 Å². The summed E-state index contributed by atoms with van der Waals surface area (Å²) in [6.07, 6.45) is 0. The van der Waals surface area contributed by atoms with Gasteiger partial charge in [0.1, 0.15) is 5.82 Å². The number of hydrogen-bond acceptors (Lipinski definition) is 4. The van der Waals surface area contributed by atoms with E-state index in [0.717, 1.165) is 22.3 Å². The number of H-pyrrole nitrogens is 1. The second-order valence-electron chi connectivity index (χ2n) is 3.51. The van der Waals surface area contributed by atoms with Crippen molar-refractivity contribution in [1.29, 1.82) is 0 Å². The number of aryl methyl sites for hydroxylation is 1. The van der Waals surface area contributed by atoms with Gasteiger partial charge in [0, 0.05) is 12.3 Å². The first-order valence-corrected chi connectivity index (χ1v) is 6.06. The molecule has 0 aliphatic carbocycles. The highest BCUT2D eigenvalue weighted by Crippen LogP contribution is 2.18. The van der Waals surface area contributed by atoms with Gasteiger partial charge in [0.25, 0.3) is 0 Å². The molecule has 0 saturated carbocycles. The first-order valence-electron chi connectivity index (χ1n) is 5.07. The first kappa shape index (κ1) is 11.2. The molecule has 16 heavy (non-hydrogen) atoms. The smallest absolute Gasteiger partial charge is 0.208 e. The van der Waals surface area contributed by atoms with Gasteiger partial charge >= 0.3 is 0 Å². The van der Waals surface area contributed by atoms with Gasteiger partial charge in [-0.25, -0.2) is 4.98 Å². The summed E-state index contributed by atoms with van der Waals surface area (Å²) in [5.74, 6) is 1.73. The number of aromatic amines is 1. The fourth-order valence-corrected chi connectivity index (χ4v) is 2.11. The molecule has 0 radical (unpaired) electrons. The Morgan fingerprint density at radius 3 is 2.50 bits per heavy atom. The van der Waals surface area contributed by atoms with Crippen molar-refractivity contribution in [3.8, 4) is 0 Å². The largest absolute Gasteiger partial charge is 0.326 e. The molecule has 0 spiro atoms. The Kier molecular flexibility index (Phi) is 3.58. The van der Waals surface area contributed by atoms with Crippen LogP contribution in [0.3, 0.4) is 0 Å². The van der Waals surface area contributed by atoms with Crippen LogP contribution in [0.25, 0.3) is 0 Å². The number of nitrogens with two attached hydrogens (primary N) is 1. The van der Waals surface area contributed by atoms with E-state index < -0.39 is 0 Å². The van der Waals surface area contributed by atoms with Crippen LogP contribution in [-0.4, -0.2) is 15.2 Å². The number of rotatable bonds is 4. The SMILES string of the molecule is Cc1nc(SCc2ccc(CN)cc2)n[nH]1. The molecule has 1 aromatic carbocycles. The van der Waals surface area contributed by atoms with Crippen LogP contribution in [0.4, 0.5) is 0 Å². The van der Waals surface area contributed by atoms with Crippen molar-refractivity contribution >= 4 is 11.8 Å². The maximum Gasteiger partial charge on any atom is 0.208 e. The number of thioether (sulfide) groups is 1. The molecule has 0 aliphatic rings. The molecule has 1 aromatic heterocycles. The van der Waals surface area contributed by atoms with Crippen molar-refractivity contribution in [3.63, 3.8) is 0 Å². The summed E-state index contributed by atoms with van der Waals surface area (Å²) < 4.78 is 0. The van der Waals surface area contributed by atoms with Crippen LogP contribution >= 0.6 is 11.8 Å². The number of benzene rings is 1. The highest BCUT2D eigenvalue weighted by atomic mass is 32.2. The third kappa shape index (κ3) is 2.84. The van der Waals surface area contributed by atoms with Gasteiger partial charge in [-0.2, -0.15) is 0 Å². The minimum Gasteiger partial charge on any atom is -0.326 e. The van der Waals surface area contributed by atoms with E-state index in [1.807, 2.05) is 6.92 Å². The van der Waals surface area contributed by atoms with Crippen LogP contribution in [0.15, 0.2) is 29.4 Å². The van der Waals surface area contributed by atoms with E-state index >= 15 is 0 Å². The van der Waals surface area contributed by atoms with Crippen molar-refractivity contribution in [1.82, 2.24) is 15.2 Å². The number of hydrogen-bond donors (Lipinski definition) is 2. The van der Waals surface area contributed by atoms with E-state index in [2.05, 4.69) is 39.4 Å². The topological polar surface area (TPSA) is 67.6 Å². The molecule has 0 bridgehead atoms. The Bertz CT molecular complexity index is 449. The van der Waals surface area contributed by atoms with Crippen molar-refractivity contribution in [2.45, 2.75) is 24.4 Å². The van der Waals surface area contributed by atoms with Crippen LogP contribution < -0.4 is 5.73 Å². The van der Waals surface area contributed by atoms with E-state index in [1.165, 1.54) is 5.56 Å². The van der Waals surface area contributed by atoms with Crippen molar-refractivity contribution in [2.24, 2.45) is 5.73 Å². The molecule has 2 aromatic rings. The molecular formula is C11H14N4S. The fraction of sp³-hybridized carbons (Fsp3) is 0.273. The van der Waals surface area contributed by atoms with Crippen molar-refractivity contribution in [3.05, 3.63) is 41.2 Å². The Balaban J connectivity index is 1.94. The maximum absolute atomic E-state index is 5.54. The zero-order valence-corrected chi connectivity index (χ0v) is 9.92. The molecule has 3 N–H and O–H groups in total. The molecule has 5 heteroatoms. The van der Waals surface area contributed by atoms with Gasteiger partial charge in [-0.3, -0.25) is 5.10 Å². The molecule has 2 rings (SSSR count). The predicted molar refractivity (Wildman–Crippen MR) is 65.0 cm³/mol. The average molecular weight is 234 g/mol. The third-order valence-electron chi connectivity index (χ3n) is 2.20. The Labute approximate surface area is 98.7 Å². The van der Waals surface area contributed by atoms with E-state index in [-0.39, 0.29) is 0 Å². The van der Waals surface area contributed by atoms with Gasteiger partial charge in [0.05, 0.1) is 0 Å². The van der Waals surface area contributed by atoms with E-state index in [1.54, 1.807) is 11.8 Å². The molecule has 0 fully saturated rings. The van der Waals surface area contributed by atoms with Crippen LogP contribution in [0, 0.1) is 6.92 Å². The fourth-order valence-electron chi connectivity index (χ4n) is 1.31. The quantitative estimate of drug-likeness (QED) is 0.792. The zero-order chi connectivity index (χ0) is 11.4. The van der Waals surface area contributed by atoms with Crippen LogP contribution in [0.1, 0.15) is 17.0 Å². The number of aromatic nitrogens is 3. The molecule has 0 saturated heterocycles. The summed E-state index contributed by atoms with van der Waals surface area (Å²) in [7, 11) is 0. The first-order chi connectivity index (χ1) is 7.78. The minimum absolute atomic E-state index is 0.591. The molecular weight excluding hydrogens is 220 g/mol. The highest BCUT2D eigenvalue weighted by Gasteiger charge is 2.01. The molecule has 1 heterocycles. The second kappa shape index (κ2) is 5.14. The molecule has 0 aliphatic heterocycles. The Hall–Kier alpha value is -1.33. The normalized spacial score (nSPS) is 10.6. The summed E-state index contributed by atoms with van der Waals surface area (Å²) in [6.45, 7) is 2.49. The van der Waals surface area contributed by atoms with E-state index in [0.29, 0.717) is 6.54 Å². The lowest BCUT2D eigenvalue weighted by molar-refractivity contribution is 0.969. The summed E-state index contributed by atoms with van der Waals surface area (Å²) in [4.78, 5) is 4.24. The molecule has 0 amide bonds. The van der Waals surface area contributed by atoms with Gasteiger partial charge in [0.2, 0.25) is 5.16 Å². The monoisotopic (exact) mass is 234 g/mol. The molecule has 84 valence electrons. The second-order valence-corrected chi connectivity index (χ2v) is 4.46. The lowest BCUT2D eigenvalue weighted by Crippen LogP contribution is -1.95. The maximum atomic E-state index is 5.54. The third-order valence-corrected chi connectivity index (χ3v) is 3.12. The molecule has 0 unspecified atom stereocenters. The van der Waals surface area contributed by atoms with Crippen molar-refractivity contribution < 1.29 is 0 Å². The summed E-state index contributed by atoms with van der Waals surface area (Å²) in [6, 6.07) is 8.29. The van der Waals surface area contributed by atoms with Gasteiger partial charge < -0.3 is 5.73 Å². The lowest BCUT2D eigenvalue weighted by atomic mass is 10.1. The number of nitrogens with one attached hydrogen (secondary N) is 1. The summed E-state index contributed by atoms with van der Waals surface area (Å²) >= 11 is 1.62. The van der Waals surface area contributed by atoms with Crippen molar-refractivity contribution in [2.75, 3.05) is 0 Å². The minimum atomic E-state index is 0.591. The highest BCUT2D eigenvalue weighted by molar-refractivity contribution is 7.98. The zero-order valence-electron chi connectivity index (χ0n) is 9.10. The van der Waals surface area contributed by atoms with Crippen LogP contribution in [0.2, 0.25) is 0 Å². The van der Waals surface area contributed by atoms with Gasteiger partial charge in [-0.15, -0.1) is 5.10 Å².